The molecule has 0 spiro atoms. The number of likely N-dealkylation sites (tertiary alicyclic amines) is 1. The Morgan fingerprint density at radius 3 is 2.73 bits per heavy atom. The highest BCUT2D eigenvalue weighted by Crippen LogP contribution is 2.37. The lowest BCUT2D eigenvalue weighted by atomic mass is 10.1. The maximum atomic E-state index is 5.47. The van der Waals surface area contributed by atoms with E-state index in [4.69, 9.17) is 9.47 Å². The molecule has 3 heterocycles. The summed E-state index contributed by atoms with van der Waals surface area (Å²) in [7, 11) is 0. The van der Waals surface area contributed by atoms with Crippen molar-refractivity contribution < 1.29 is 9.47 Å². The fourth-order valence-electron chi connectivity index (χ4n) is 3.19. The summed E-state index contributed by atoms with van der Waals surface area (Å²) in [5.41, 5.74) is 1.81. The lowest BCUT2D eigenvalue weighted by molar-refractivity contribution is 0.174. The van der Waals surface area contributed by atoms with E-state index in [2.05, 4.69) is 27.3 Å². The first-order valence-corrected chi connectivity index (χ1v) is 7.87. The molecule has 1 N–H and O–H groups in total. The first kappa shape index (κ1) is 13.6. The molecule has 2 aliphatic rings. The number of rotatable bonds is 3. The standard InChI is InChI=1S/C16H20N4O2/c1-11(20-5-3-2-4-6-20)18-14-9-17-19-13-8-16-15(7-12(13)14)21-10-22-16/h7-9,11H,2-6,10H2,1H3,(H,18,19). The monoisotopic (exact) mass is 300 g/mol. The van der Waals surface area contributed by atoms with Crippen molar-refractivity contribution in [3.05, 3.63) is 18.3 Å². The highest BCUT2D eigenvalue weighted by atomic mass is 16.7. The van der Waals surface area contributed by atoms with Gasteiger partial charge in [-0.25, -0.2) is 0 Å². The molecule has 1 fully saturated rings. The van der Waals surface area contributed by atoms with Gasteiger partial charge in [0, 0.05) is 24.5 Å². The van der Waals surface area contributed by atoms with Crippen LogP contribution in [0.5, 0.6) is 11.5 Å². The smallest absolute Gasteiger partial charge is 0.231 e. The summed E-state index contributed by atoms with van der Waals surface area (Å²) in [6.45, 7) is 4.77. The van der Waals surface area contributed by atoms with Gasteiger partial charge in [-0.05, 0) is 25.8 Å². The molecule has 6 heteroatoms. The number of hydrogen-bond acceptors (Lipinski definition) is 6. The average molecular weight is 300 g/mol. The highest BCUT2D eigenvalue weighted by molar-refractivity contribution is 5.93. The number of piperidine rings is 1. The number of ether oxygens (including phenoxy) is 2. The molecular weight excluding hydrogens is 280 g/mol. The van der Waals surface area contributed by atoms with Crippen molar-refractivity contribution in [2.75, 3.05) is 25.2 Å². The third-order valence-electron chi connectivity index (χ3n) is 4.44. The minimum absolute atomic E-state index is 0.270. The summed E-state index contributed by atoms with van der Waals surface area (Å²) >= 11 is 0. The van der Waals surface area contributed by atoms with E-state index in [0.717, 1.165) is 41.2 Å². The molecule has 2 aromatic rings. The number of fused-ring (bicyclic) bond motifs is 2. The lowest BCUT2D eigenvalue weighted by Crippen LogP contribution is -2.41. The summed E-state index contributed by atoms with van der Waals surface area (Å²) in [4.78, 5) is 2.47. The van der Waals surface area contributed by atoms with E-state index >= 15 is 0 Å². The summed E-state index contributed by atoms with van der Waals surface area (Å²) in [6, 6.07) is 3.87. The first-order chi connectivity index (χ1) is 10.8. The summed E-state index contributed by atoms with van der Waals surface area (Å²) < 4.78 is 10.9. The van der Waals surface area contributed by atoms with E-state index in [1.54, 1.807) is 6.20 Å². The van der Waals surface area contributed by atoms with Crippen LogP contribution >= 0.6 is 0 Å². The highest BCUT2D eigenvalue weighted by Gasteiger charge is 2.19. The van der Waals surface area contributed by atoms with Crippen LogP contribution < -0.4 is 14.8 Å². The topological polar surface area (TPSA) is 59.5 Å². The van der Waals surface area contributed by atoms with Crippen LogP contribution in [0, 0.1) is 0 Å². The predicted octanol–water partition coefficient (Wildman–Crippen LogP) is 2.60. The van der Waals surface area contributed by atoms with Gasteiger partial charge in [-0.3, -0.25) is 4.90 Å². The lowest BCUT2D eigenvalue weighted by Gasteiger charge is -2.33. The van der Waals surface area contributed by atoms with Crippen molar-refractivity contribution in [2.24, 2.45) is 0 Å². The fourth-order valence-corrected chi connectivity index (χ4v) is 3.19. The van der Waals surface area contributed by atoms with E-state index in [9.17, 15) is 0 Å². The molecule has 1 aromatic heterocycles. The minimum Gasteiger partial charge on any atom is -0.454 e. The Labute approximate surface area is 129 Å². The van der Waals surface area contributed by atoms with Crippen LogP contribution in [-0.2, 0) is 0 Å². The molecule has 0 aliphatic carbocycles. The van der Waals surface area contributed by atoms with Crippen molar-refractivity contribution in [3.8, 4) is 11.5 Å². The van der Waals surface area contributed by atoms with Gasteiger partial charge in [-0.1, -0.05) is 6.42 Å². The van der Waals surface area contributed by atoms with Crippen LogP contribution in [0.15, 0.2) is 18.3 Å². The second-order valence-electron chi connectivity index (χ2n) is 5.90. The van der Waals surface area contributed by atoms with E-state index in [1.165, 1.54) is 19.3 Å². The Morgan fingerprint density at radius 2 is 1.91 bits per heavy atom. The van der Waals surface area contributed by atoms with E-state index in [1.807, 2.05) is 12.1 Å². The largest absolute Gasteiger partial charge is 0.454 e. The maximum absolute atomic E-state index is 5.47. The van der Waals surface area contributed by atoms with Gasteiger partial charge < -0.3 is 14.8 Å². The van der Waals surface area contributed by atoms with Gasteiger partial charge in [0.05, 0.1) is 23.6 Å². The van der Waals surface area contributed by atoms with Crippen LogP contribution in [0.4, 0.5) is 5.69 Å². The normalized spacial score (nSPS) is 19.3. The molecule has 1 unspecified atom stereocenters. The number of nitrogens with zero attached hydrogens (tertiary/aromatic N) is 3. The van der Waals surface area contributed by atoms with Gasteiger partial charge in [-0.2, -0.15) is 10.2 Å². The number of hydrogen-bond donors (Lipinski definition) is 1. The molecule has 6 nitrogen and oxygen atoms in total. The van der Waals surface area contributed by atoms with E-state index in [-0.39, 0.29) is 13.0 Å². The maximum Gasteiger partial charge on any atom is 0.231 e. The van der Waals surface area contributed by atoms with Gasteiger partial charge in [0.1, 0.15) is 0 Å². The first-order valence-electron chi connectivity index (χ1n) is 7.87. The van der Waals surface area contributed by atoms with Gasteiger partial charge in [0.2, 0.25) is 6.79 Å². The summed E-state index contributed by atoms with van der Waals surface area (Å²) in [5.74, 6) is 1.51. The average Bonchev–Trinajstić information content (AvgIpc) is 3.01. The quantitative estimate of drug-likeness (QED) is 0.940. The van der Waals surface area contributed by atoms with Crippen molar-refractivity contribution >= 4 is 16.6 Å². The number of benzene rings is 1. The van der Waals surface area contributed by atoms with E-state index in [0.29, 0.717) is 0 Å². The van der Waals surface area contributed by atoms with Crippen LogP contribution in [0.25, 0.3) is 10.9 Å². The molecule has 0 bridgehead atoms. The zero-order valence-electron chi connectivity index (χ0n) is 12.7. The van der Waals surface area contributed by atoms with Crippen LogP contribution in [0.3, 0.4) is 0 Å². The Balaban J connectivity index is 1.63. The number of anilines is 1. The molecule has 1 atom stereocenters. The number of aromatic nitrogens is 2. The van der Waals surface area contributed by atoms with Crippen LogP contribution in [-0.4, -0.2) is 41.1 Å². The van der Waals surface area contributed by atoms with Crippen LogP contribution in [0.2, 0.25) is 0 Å². The zero-order chi connectivity index (χ0) is 14.9. The third kappa shape index (κ3) is 2.43. The molecule has 116 valence electrons. The molecular formula is C16H20N4O2. The van der Waals surface area contributed by atoms with E-state index < -0.39 is 0 Å². The fraction of sp³-hybridized carbons (Fsp3) is 0.500. The Kier molecular flexibility index (Phi) is 3.46. The summed E-state index contributed by atoms with van der Waals surface area (Å²) in [6.07, 6.45) is 5.95. The van der Waals surface area contributed by atoms with Crippen molar-refractivity contribution in [3.63, 3.8) is 0 Å². The van der Waals surface area contributed by atoms with Gasteiger partial charge >= 0.3 is 0 Å². The molecule has 22 heavy (non-hydrogen) atoms. The molecule has 2 aliphatic heterocycles. The Hall–Kier alpha value is -2.08. The van der Waals surface area contributed by atoms with Gasteiger partial charge in [-0.15, -0.1) is 0 Å². The molecule has 0 amide bonds. The van der Waals surface area contributed by atoms with Crippen LogP contribution in [0.1, 0.15) is 26.2 Å². The molecule has 4 rings (SSSR count). The number of nitrogens with one attached hydrogen (secondary N) is 1. The molecule has 0 saturated carbocycles. The SMILES string of the molecule is CC(Nc1cnnc2cc3c(cc12)OCO3)N1CCCCC1. The van der Waals surface area contributed by atoms with Crippen molar-refractivity contribution in [1.82, 2.24) is 15.1 Å². The van der Waals surface area contributed by atoms with Gasteiger partial charge in [0.25, 0.3) is 0 Å². The molecule has 1 saturated heterocycles. The Morgan fingerprint density at radius 1 is 1.14 bits per heavy atom. The molecule has 0 radical (unpaired) electrons. The predicted molar refractivity (Wildman–Crippen MR) is 84.2 cm³/mol. The molecule has 1 aromatic carbocycles. The zero-order valence-corrected chi connectivity index (χ0v) is 12.7. The van der Waals surface area contributed by atoms with Gasteiger partial charge in [0.15, 0.2) is 11.5 Å². The second kappa shape index (κ2) is 5.61. The summed E-state index contributed by atoms with van der Waals surface area (Å²) in [5, 5.41) is 12.9. The van der Waals surface area contributed by atoms with Crippen molar-refractivity contribution in [1.29, 1.82) is 0 Å². The second-order valence-corrected chi connectivity index (χ2v) is 5.90. The van der Waals surface area contributed by atoms with Crippen molar-refractivity contribution in [2.45, 2.75) is 32.4 Å². The Bertz CT molecular complexity index is 685. The minimum atomic E-state index is 0.270. The third-order valence-corrected chi connectivity index (χ3v) is 4.44.